The third-order valence-corrected chi connectivity index (χ3v) is 108. The molecule has 0 aromatic rings. The Kier molecular flexibility index (Phi) is 18.0. The van der Waals surface area contributed by atoms with Gasteiger partial charge in [0, 0.05) is 0 Å². The molecule has 29 heavy (non-hydrogen) atoms. The van der Waals surface area contributed by atoms with Crippen LogP contribution >= 0.6 is 0 Å². The predicted molar refractivity (Wildman–Crippen MR) is 139 cm³/mol. The van der Waals surface area contributed by atoms with Crippen LogP contribution in [0, 0.1) is 0 Å². The van der Waals surface area contributed by atoms with Crippen molar-refractivity contribution < 1.29 is 8.42 Å². The Labute approximate surface area is 190 Å². The normalized spacial score (nSPS) is 13.2. The van der Waals surface area contributed by atoms with E-state index in [1.807, 2.05) is 0 Å². The zero-order chi connectivity index (χ0) is 22.2. The Bertz CT molecular complexity index is 410. The third-order valence-electron chi connectivity index (χ3n) is 7.06. The molecule has 0 heterocycles. The van der Waals surface area contributed by atoms with E-state index in [-0.39, 0.29) is 0 Å². The van der Waals surface area contributed by atoms with Gasteiger partial charge in [-0.05, 0) is 0 Å². The third kappa shape index (κ3) is 9.13. The summed E-state index contributed by atoms with van der Waals surface area (Å²) in [5.41, 5.74) is 0. The van der Waals surface area contributed by atoms with Gasteiger partial charge in [-0.2, -0.15) is 0 Å². The van der Waals surface area contributed by atoms with Crippen molar-refractivity contribution in [3.05, 3.63) is 0 Å². The zero-order valence-corrected chi connectivity index (χ0v) is 27.5. The zero-order valence-electron chi connectivity index (χ0n) is 21.0. The summed E-state index contributed by atoms with van der Waals surface area (Å²) in [5.74, 6) is 0. The summed E-state index contributed by atoms with van der Waals surface area (Å²) < 4.78 is 33.8. The Morgan fingerprint density at radius 3 is 0.724 bits per heavy atom. The molecule has 0 spiro atoms. The van der Waals surface area contributed by atoms with Crippen LogP contribution in [0.5, 0.6) is 0 Å². The van der Waals surface area contributed by atoms with Crippen LogP contribution in [0.2, 0.25) is 26.6 Å². The Hall–Kier alpha value is 1.55. The molecule has 0 aliphatic carbocycles. The second-order valence-electron chi connectivity index (χ2n) is 9.49. The fourth-order valence-corrected chi connectivity index (χ4v) is 144. The molecule has 0 aromatic carbocycles. The van der Waals surface area contributed by atoms with E-state index in [1.165, 1.54) is 38.5 Å². The Morgan fingerprint density at radius 2 is 0.586 bits per heavy atom. The van der Waals surface area contributed by atoms with Crippen molar-refractivity contribution in [2.24, 2.45) is 0 Å². The van der Waals surface area contributed by atoms with Crippen LogP contribution in [0.25, 0.3) is 0 Å². The molecule has 0 amide bonds. The van der Waals surface area contributed by atoms with Gasteiger partial charge in [-0.3, -0.25) is 0 Å². The molecule has 0 bridgehead atoms. The summed E-state index contributed by atoms with van der Waals surface area (Å²) in [6.45, 7) is 13.5. The first kappa shape index (κ1) is 30.5. The van der Waals surface area contributed by atoms with E-state index in [0.717, 1.165) is 65.1 Å². The number of hydrogen-bond donors (Lipinski definition) is 0. The molecule has 0 aliphatic rings. The van der Waals surface area contributed by atoms with Crippen molar-refractivity contribution in [2.75, 3.05) is 0 Å². The van der Waals surface area contributed by atoms with Crippen LogP contribution in [0.4, 0.5) is 0 Å². The van der Waals surface area contributed by atoms with Crippen molar-refractivity contribution in [2.45, 2.75) is 145 Å². The second-order valence-corrected chi connectivity index (χ2v) is 63.4. The number of rotatable bonds is 20. The topological polar surface area (TPSA) is 34.1 Å². The van der Waals surface area contributed by atoms with Gasteiger partial charge < -0.3 is 0 Å². The number of unbranched alkanes of at least 4 members (excludes halogenated alkanes) is 6. The molecule has 0 saturated carbocycles. The maximum absolute atomic E-state index is 14.9. The molecule has 0 rings (SSSR count). The Balaban J connectivity index is 6.42. The maximum atomic E-state index is 14.9. The monoisotopic (exact) mass is 646 g/mol. The van der Waals surface area contributed by atoms with Crippen molar-refractivity contribution >= 4 is 38.2 Å². The molecule has 0 saturated heterocycles. The van der Waals surface area contributed by atoms with Gasteiger partial charge in [0.2, 0.25) is 0 Å². The van der Waals surface area contributed by atoms with Crippen molar-refractivity contribution in [1.82, 2.24) is 0 Å². The van der Waals surface area contributed by atoms with E-state index in [9.17, 15) is 8.42 Å². The van der Waals surface area contributed by atoms with Gasteiger partial charge >= 0.3 is 192 Å². The molecule has 0 aliphatic heterocycles. The molecule has 0 fully saturated rings. The van der Waals surface area contributed by atoms with E-state index < -0.39 is 38.2 Å². The summed E-state index contributed by atoms with van der Waals surface area (Å²) in [7, 11) is 0. The summed E-state index contributed by atoms with van der Waals surface area (Å²) >= 11 is -6.56. The summed E-state index contributed by atoms with van der Waals surface area (Å²) in [6.07, 6.45) is 14.0. The quantitative estimate of drug-likeness (QED) is 0.124. The number of hydrogen-bond acceptors (Lipinski definition) is 2. The summed E-state index contributed by atoms with van der Waals surface area (Å²) in [5, 5.41) is 0. The van der Waals surface area contributed by atoms with Crippen LogP contribution < -0.4 is 0 Å². The molecule has 0 atom stereocenters. The van der Waals surface area contributed by atoms with E-state index in [4.69, 9.17) is 0 Å². The SMILES string of the molecule is CCC[CH2][Sn]([CH2]CCC)([CH2]CCC)[S](=O)(=O)[Sn]([CH2]CCC)([CH2]CCC)[CH2]CCC. The average Bonchev–Trinajstić information content (AvgIpc) is 2.72. The van der Waals surface area contributed by atoms with Gasteiger partial charge in [0.1, 0.15) is 0 Å². The first-order valence-corrected chi connectivity index (χ1v) is 33.7. The molecule has 0 aromatic heterocycles. The van der Waals surface area contributed by atoms with Gasteiger partial charge in [0.15, 0.2) is 0 Å². The fourth-order valence-electron chi connectivity index (χ4n) is 5.01. The molecule has 0 unspecified atom stereocenters. The standard InChI is InChI=1S/6C4H9.O2S.2Sn/c6*1-3-4-2;1-3-2;;/h6*1,3-4H2,2H3;;;. The summed E-state index contributed by atoms with van der Waals surface area (Å²) in [6, 6.07) is 0. The van der Waals surface area contributed by atoms with Crippen LogP contribution in [-0.4, -0.2) is 42.4 Å². The van der Waals surface area contributed by atoms with Crippen molar-refractivity contribution in [3.63, 3.8) is 0 Å². The molecule has 0 N–H and O–H groups in total. The van der Waals surface area contributed by atoms with Crippen LogP contribution in [0.3, 0.4) is 0 Å². The van der Waals surface area contributed by atoms with Crippen molar-refractivity contribution in [1.29, 1.82) is 0 Å². The first-order chi connectivity index (χ1) is 13.9. The van der Waals surface area contributed by atoms with Crippen LogP contribution in [0.1, 0.15) is 119 Å². The van der Waals surface area contributed by atoms with Crippen molar-refractivity contribution in [3.8, 4) is 0 Å². The second kappa shape index (κ2) is 17.1. The van der Waals surface area contributed by atoms with Gasteiger partial charge in [-0.15, -0.1) is 0 Å². The molecule has 0 radical (unpaired) electrons. The molecular formula is C24H54O2SSn2. The van der Waals surface area contributed by atoms with Gasteiger partial charge in [-0.25, -0.2) is 0 Å². The molecule has 2 nitrogen and oxygen atoms in total. The minimum absolute atomic E-state index is 1.14. The summed E-state index contributed by atoms with van der Waals surface area (Å²) in [4.78, 5) is 0. The van der Waals surface area contributed by atoms with E-state index in [0.29, 0.717) is 0 Å². The molecular weight excluding hydrogens is 590 g/mol. The van der Waals surface area contributed by atoms with E-state index >= 15 is 0 Å². The van der Waals surface area contributed by atoms with Crippen LogP contribution in [0.15, 0.2) is 0 Å². The Morgan fingerprint density at radius 1 is 0.414 bits per heavy atom. The van der Waals surface area contributed by atoms with E-state index in [1.54, 1.807) is 0 Å². The van der Waals surface area contributed by atoms with Gasteiger partial charge in [0.25, 0.3) is 0 Å². The fraction of sp³-hybridized carbons (Fsp3) is 1.00. The molecule has 5 heteroatoms. The van der Waals surface area contributed by atoms with Crippen LogP contribution in [-0.2, 0) is 4.21 Å². The van der Waals surface area contributed by atoms with Gasteiger partial charge in [0.05, 0.1) is 0 Å². The minimum atomic E-state index is -3.28. The van der Waals surface area contributed by atoms with Gasteiger partial charge in [-0.1, -0.05) is 0 Å². The molecule has 176 valence electrons. The average molecular weight is 644 g/mol. The first-order valence-electron chi connectivity index (χ1n) is 13.1. The predicted octanol–water partition coefficient (Wildman–Crippen LogP) is 9.09. The van der Waals surface area contributed by atoms with E-state index in [2.05, 4.69) is 41.5 Å².